The summed E-state index contributed by atoms with van der Waals surface area (Å²) in [6.45, 7) is 6.33. The van der Waals surface area contributed by atoms with E-state index in [9.17, 15) is 9.18 Å². The molecule has 0 radical (unpaired) electrons. The average molecular weight is 458 g/mol. The fourth-order valence-corrected chi connectivity index (χ4v) is 3.81. The molecule has 0 fully saturated rings. The van der Waals surface area contributed by atoms with Gasteiger partial charge in [0.1, 0.15) is 18.2 Å². The molecule has 2 aromatic carbocycles. The molecule has 1 aromatic heterocycles. The number of benzene rings is 2. The van der Waals surface area contributed by atoms with E-state index in [1.807, 2.05) is 31.2 Å². The Morgan fingerprint density at radius 2 is 1.72 bits per heavy atom. The van der Waals surface area contributed by atoms with Crippen LogP contribution in [0, 0.1) is 5.82 Å². The number of nitrogens with two attached hydrogens (primary N) is 1. The van der Waals surface area contributed by atoms with Gasteiger partial charge in [0.15, 0.2) is 5.82 Å². The molecular weight excluding hydrogens is 429 g/mol. The van der Waals surface area contributed by atoms with Gasteiger partial charge in [0.05, 0.1) is 11.8 Å². The summed E-state index contributed by atoms with van der Waals surface area (Å²) in [7, 11) is 1.72. The van der Waals surface area contributed by atoms with Crippen LogP contribution < -0.4 is 10.6 Å². The summed E-state index contributed by atoms with van der Waals surface area (Å²) >= 11 is 1.20. The largest absolute Gasteiger partial charge is 0.486 e. The fourth-order valence-electron chi connectivity index (χ4n) is 3.01. The van der Waals surface area contributed by atoms with Gasteiger partial charge in [0.25, 0.3) is 0 Å². The third-order valence-electron chi connectivity index (χ3n) is 5.30. The van der Waals surface area contributed by atoms with Gasteiger partial charge >= 0.3 is 0 Å². The number of amides is 1. The standard InChI is InChI=1S/C23H28FN5O2S/c1-15(2)17-7-11-20(12-8-17)31-13-21-26-27-23(29(21)25)32-14-22(30)28(4)16(3)18-5-9-19(24)10-6-18/h5-12,15-16H,13-14,25H2,1-4H3. The number of carbonyl (C=O) groups excluding carboxylic acids is 1. The van der Waals surface area contributed by atoms with E-state index in [0.29, 0.717) is 16.9 Å². The van der Waals surface area contributed by atoms with Crippen molar-refractivity contribution in [1.29, 1.82) is 0 Å². The van der Waals surface area contributed by atoms with E-state index < -0.39 is 0 Å². The quantitative estimate of drug-likeness (QED) is 0.384. The molecule has 1 heterocycles. The van der Waals surface area contributed by atoms with Gasteiger partial charge in [-0.25, -0.2) is 9.07 Å². The number of nitrogens with zero attached hydrogens (tertiary/aromatic N) is 4. The van der Waals surface area contributed by atoms with Crippen molar-refractivity contribution in [2.45, 2.75) is 44.5 Å². The third-order valence-corrected chi connectivity index (χ3v) is 6.23. The monoisotopic (exact) mass is 457 g/mol. The second-order valence-corrected chi connectivity index (χ2v) is 8.74. The molecule has 7 nitrogen and oxygen atoms in total. The molecule has 0 saturated heterocycles. The molecule has 1 unspecified atom stereocenters. The zero-order valence-corrected chi connectivity index (χ0v) is 19.5. The number of thioether (sulfide) groups is 1. The number of rotatable bonds is 9. The van der Waals surface area contributed by atoms with Crippen LogP contribution in [-0.2, 0) is 11.4 Å². The van der Waals surface area contributed by atoms with Gasteiger partial charge in [-0.2, -0.15) is 0 Å². The molecule has 3 aromatic rings. The van der Waals surface area contributed by atoms with Crippen molar-refractivity contribution in [3.8, 4) is 5.75 Å². The lowest BCUT2D eigenvalue weighted by Crippen LogP contribution is -2.31. The first kappa shape index (κ1) is 23.6. The summed E-state index contributed by atoms with van der Waals surface area (Å²) in [5.74, 6) is 7.47. The van der Waals surface area contributed by atoms with Gasteiger partial charge in [0.2, 0.25) is 11.1 Å². The molecule has 0 aliphatic carbocycles. The van der Waals surface area contributed by atoms with E-state index in [1.54, 1.807) is 24.1 Å². The number of aromatic nitrogens is 3. The van der Waals surface area contributed by atoms with Gasteiger partial charge in [-0.05, 0) is 48.2 Å². The van der Waals surface area contributed by atoms with E-state index in [2.05, 4.69) is 24.0 Å². The summed E-state index contributed by atoms with van der Waals surface area (Å²) in [6.07, 6.45) is 0. The Balaban J connectivity index is 1.53. The molecule has 3 rings (SSSR count). The second kappa shape index (κ2) is 10.5. The Morgan fingerprint density at radius 1 is 1.09 bits per heavy atom. The van der Waals surface area contributed by atoms with Crippen LogP contribution in [0.15, 0.2) is 53.7 Å². The highest BCUT2D eigenvalue weighted by Gasteiger charge is 2.19. The third kappa shape index (κ3) is 5.79. The molecule has 9 heteroatoms. The van der Waals surface area contributed by atoms with E-state index in [-0.39, 0.29) is 30.1 Å². The van der Waals surface area contributed by atoms with Gasteiger partial charge in [-0.1, -0.05) is 49.9 Å². The van der Waals surface area contributed by atoms with Crippen LogP contribution in [0.1, 0.15) is 49.7 Å². The van der Waals surface area contributed by atoms with Crippen molar-refractivity contribution < 1.29 is 13.9 Å². The Kier molecular flexibility index (Phi) is 7.74. The highest BCUT2D eigenvalue weighted by atomic mass is 32.2. The van der Waals surface area contributed by atoms with Crippen LogP contribution in [0.25, 0.3) is 0 Å². The minimum Gasteiger partial charge on any atom is -0.486 e. The maximum atomic E-state index is 13.1. The van der Waals surface area contributed by atoms with E-state index in [4.69, 9.17) is 10.6 Å². The molecule has 32 heavy (non-hydrogen) atoms. The van der Waals surface area contributed by atoms with Crippen LogP contribution in [0.2, 0.25) is 0 Å². The zero-order valence-electron chi connectivity index (χ0n) is 18.7. The van der Waals surface area contributed by atoms with Crippen molar-refractivity contribution in [3.05, 3.63) is 71.3 Å². The summed E-state index contributed by atoms with van der Waals surface area (Å²) < 4.78 is 20.2. The van der Waals surface area contributed by atoms with Crippen LogP contribution in [0.4, 0.5) is 4.39 Å². The molecule has 0 bridgehead atoms. The molecule has 170 valence electrons. The van der Waals surface area contributed by atoms with Crippen LogP contribution in [-0.4, -0.2) is 38.5 Å². The fraction of sp³-hybridized carbons (Fsp3) is 0.348. The van der Waals surface area contributed by atoms with Crippen LogP contribution in [0.3, 0.4) is 0 Å². The van der Waals surface area contributed by atoms with Crippen LogP contribution in [0.5, 0.6) is 5.75 Å². The Morgan fingerprint density at radius 3 is 2.34 bits per heavy atom. The molecule has 0 saturated carbocycles. The van der Waals surface area contributed by atoms with Crippen LogP contribution >= 0.6 is 11.8 Å². The van der Waals surface area contributed by atoms with Crippen molar-refractivity contribution in [2.24, 2.45) is 0 Å². The molecule has 0 spiro atoms. The smallest absolute Gasteiger partial charge is 0.233 e. The number of halogens is 1. The molecule has 1 amide bonds. The predicted molar refractivity (Wildman–Crippen MR) is 123 cm³/mol. The van der Waals surface area contributed by atoms with Gasteiger partial charge < -0.3 is 15.5 Å². The van der Waals surface area contributed by atoms with Gasteiger partial charge in [-0.15, -0.1) is 10.2 Å². The SMILES string of the molecule is CC(C)c1ccc(OCc2nnc(SCC(=O)N(C)C(C)c3ccc(F)cc3)n2N)cc1. The van der Waals surface area contributed by atoms with Crippen molar-refractivity contribution in [2.75, 3.05) is 18.6 Å². The first-order valence-corrected chi connectivity index (χ1v) is 11.3. The molecule has 0 aliphatic heterocycles. The van der Waals surface area contributed by atoms with E-state index in [0.717, 1.165) is 11.3 Å². The van der Waals surface area contributed by atoms with E-state index >= 15 is 0 Å². The zero-order chi connectivity index (χ0) is 23.3. The molecular formula is C23H28FN5O2S. The van der Waals surface area contributed by atoms with Crippen molar-refractivity contribution in [1.82, 2.24) is 19.8 Å². The first-order valence-electron chi connectivity index (χ1n) is 10.3. The second-order valence-electron chi connectivity index (χ2n) is 7.80. The number of hydrogen-bond acceptors (Lipinski definition) is 6. The summed E-state index contributed by atoms with van der Waals surface area (Å²) in [6, 6.07) is 13.8. The van der Waals surface area contributed by atoms with Crippen molar-refractivity contribution >= 4 is 17.7 Å². The number of nitrogen functional groups attached to an aromatic ring is 1. The van der Waals surface area contributed by atoms with E-state index in [1.165, 1.54) is 34.1 Å². The lowest BCUT2D eigenvalue weighted by molar-refractivity contribution is -0.128. The summed E-state index contributed by atoms with van der Waals surface area (Å²) in [5, 5.41) is 8.57. The highest BCUT2D eigenvalue weighted by Crippen LogP contribution is 2.23. The van der Waals surface area contributed by atoms with Gasteiger partial charge in [-0.3, -0.25) is 4.79 Å². The lowest BCUT2D eigenvalue weighted by atomic mass is 10.0. The summed E-state index contributed by atoms with van der Waals surface area (Å²) in [4.78, 5) is 14.2. The van der Waals surface area contributed by atoms with Gasteiger partial charge in [0, 0.05) is 7.05 Å². The Bertz CT molecular complexity index is 1040. The highest BCUT2D eigenvalue weighted by molar-refractivity contribution is 7.99. The predicted octanol–water partition coefficient (Wildman–Crippen LogP) is 4.15. The molecule has 0 aliphatic rings. The number of ether oxygens (including phenoxy) is 1. The maximum Gasteiger partial charge on any atom is 0.233 e. The normalized spacial score (nSPS) is 12.1. The average Bonchev–Trinajstić information content (AvgIpc) is 3.15. The topological polar surface area (TPSA) is 86.3 Å². The Labute approximate surface area is 191 Å². The maximum absolute atomic E-state index is 13.1. The first-order chi connectivity index (χ1) is 15.3. The van der Waals surface area contributed by atoms with Crippen molar-refractivity contribution in [3.63, 3.8) is 0 Å². The molecule has 2 N–H and O–H groups in total. The summed E-state index contributed by atoms with van der Waals surface area (Å²) in [5.41, 5.74) is 2.09. The number of hydrogen-bond donors (Lipinski definition) is 1. The minimum absolute atomic E-state index is 0.0992. The minimum atomic E-state index is -0.305. The lowest BCUT2D eigenvalue weighted by Gasteiger charge is -2.25. The molecule has 1 atom stereocenters. The number of carbonyl (C=O) groups is 1. The Hall–Kier alpha value is -3.07.